The van der Waals surface area contributed by atoms with Gasteiger partial charge in [0.25, 0.3) is 5.91 Å². The summed E-state index contributed by atoms with van der Waals surface area (Å²) in [7, 11) is -2.76. The molecule has 46 heavy (non-hydrogen) atoms. The van der Waals surface area contributed by atoms with Crippen LogP contribution in [0.25, 0.3) is 27.9 Å². The lowest BCUT2D eigenvalue weighted by Gasteiger charge is -2.32. The first-order valence-corrected chi connectivity index (χ1v) is 17.1. The summed E-state index contributed by atoms with van der Waals surface area (Å²) in [6.07, 6.45) is 2.97. The minimum Gasteiger partial charge on any atom is -0.455 e. The average Bonchev–Trinajstić information content (AvgIpc) is 3.73. The fraction of sp³-hybridized carbons (Fsp3) is 0.343. The van der Waals surface area contributed by atoms with Crippen LogP contribution in [0.5, 0.6) is 0 Å². The molecule has 6 rings (SSSR count). The van der Waals surface area contributed by atoms with Gasteiger partial charge in [-0.05, 0) is 98.9 Å². The molecule has 8 nitrogen and oxygen atoms in total. The van der Waals surface area contributed by atoms with Gasteiger partial charge in [-0.15, -0.1) is 0 Å². The van der Waals surface area contributed by atoms with Crippen molar-refractivity contribution in [2.45, 2.75) is 57.7 Å². The predicted octanol–water partition coefficient (Wildman–Crippen LogP) is 6.25. The maximum atomic E-state index is 13.7. The lowest BCUT2D eigenvalue weighted by Crippen LogP contribution is -2.41. The molecule has 11 heteroatoms. The number of carbonyl (C=O) groups is 1. The number of hydrogen-bond acceptors (Lipinski definition) is 6. The SMILES string of the molecule is C=C(CN(c1cc2oc(-c3ccc(F)cc3)c(C(=O)NC)c2cc1C1CC1)S(C)(=O)=O)c1ccc(B2OC(C)(C)C(C)(C)O2)cc1. The first-order chi connectivity index (χ1) is 21.6. The van der Waals surface area contributed by atoms with Gasteiger partial charge in [0.05, 0.1) is 35.3 Å². The molecule has 0 spiro atoms. The third kappa shape index (κ3) is 5.87. The Morgan fingerprint density at radius 1 is 1.02 bits per heavy atom. The standard InChI is InChI=1S/C35H38BFN2O6S/c1-21(22-10-14-25(15-11-22)36-44-34(2,3)35(4,5)45-36)20-39(46(7,41)42)29-19-30-28(18-27(29)23-8-9-23)31(33(40)38-6)32(43-30)24-12-16-26(37)17-13-24/h10-19,23H,1,8-9,20H2,2-7H3,(H,38,40). The Labute approximate surface area is 269 Å². The lowest BCUT2D eigenvalue weighted by atomic mass is 9.78. The molecule has 3 aromatic carbocycles. The van der Waals surface area contributed by atoms with Crippen LogP contribution in [-0.2, 0) is 19.3 Å². The van der Waals surface area contributed by atoms with Crippen molar-refractivity contribution < 1.29 is 31.3 Å². The highest BCUT2D eigenvalue weighted by Crippen LogP contribution is 2.48. The number of amides is 1. The second-order valence-electron chi connectivity index (χ2n) is 13.2. The number of anilines is 1. The summed E-state index contributed by atoms with van der Waals surface area (Å²) in [5.74, 6) is -0.347. The monoisotopic (exact) mass is 644 g/mol. The van der Waals surface area contributed by atoms with Crippen molar-refractivity contribution in [2.24, 2.45) is 0 Å². The number of benzene rings is 3. The van der Waals surface area contributed by atoms with Crippen LogP contribution in [0.3, 0.4) is 0 Å². The van der Waals surface area contributed by atoms with Crippen molar-refractivity contribution in [2.75, 3.05) is 24.2 Å². The quantitative estimate of drug-likeness (QED) is 0.216. The van der Waals surface area contributed by atoms with Crippen molar-refractivity contribution in [3.63, 3.8) is 0 Å². The number of fused-ring (bicyclic) bond motifs is 1. The van der Waals surface area contributed by atoms with E-state index >= 15 is 0 Å². The molecular formula is C35H38BFN2O6S. The number of furan rings is 1. The summed E-state index contributed by atoms with van der Waals surface area (Å²) in [5, 5.41) is 3.24. The maximum Gasteiger partial charge on any atom is 0.494 e. The third-order valence-corrected chi connectivity index (χ3v) is 10.4. The van der Waals surface area contributed by atoms with Crippen LogP contribution in [0.15, 0.2) is 71.7 Å². The van der Waals surface area contributed by atoms with Gasteiger partial charge in [0.2, 0.25) is 10.0 Å². The molecule has 1 aliphatic carbocycles. The minimum atomic E-state index is -3.78. The molecule has 1 aliphatic heterocycles. The molecule has 1 aromatic heterocycles. The first-order valence-electron chi connectivity index (χ1n) is 15.3. The van der Waals surface area contributed by atoms with Gasteiger partial charge in [-0.25, -0.2) is 12.8 Å². The number of nitrogens with zero attached hydrogens (tertiary/aromatic N) is 1. The zero-order valence-corrected chi connectivity index (χ0v) is 27.8. The Kier molecular flexibility index (Phi) is 7.94. The molecule has 0 atom stereocenters. The molecule has 1 saturated heterocycles. The van der Waals surface area contributed by atoms with Gasteiger partial charge < -0.3 is 19.0 Å². The number of halogens is 1. The summed E-state index contributed by atoms with van der Waals surface area (Å²) in [5.41, 5.74) is 3.80. The summed E-state index contributed by atoms with van der Waals surface area (Å²) < 4.78 is 60.4. The smallest absolute Gasteiger partial charge is 0.455 e. The molecule has 2 heterocycles. The molecule has 0 bridgehead atoms. The molecule has 0 radical (unpaired) electrons. The van der Waals surface area contributed by atoms with E-state index in [2.05, 4.69) is 11.9 Å². The van der Waals surface area contributed by atoms with E-state index in [0.717, 1.165) is 29.4 Å². The second kappa shape index (κ2) is 11.4. The second-order valence-corrected chi connectivity index (χ2v) is 15.1. The Balaban J connectivity index is 1.37. The molecule has 1 N–H and O–H groups in total. The Bertz CT molecular complexity index is 1930. The number of carbonyl (C=O) groups excluding carboxylic acids is 1. The van der Waals surface area contributed by atoms with Crippen LogP contribution in [0.4, 0.5) is 10.1 Å². The molecule has 2 fully saturated rings. The summed E-state index contributed by atoms with van der Waals surface area (Å²) in [6.45, 7) is 12.3. The average molecular weight is 645 g/mol. The van der Waals surface area contributed by atoms with E-state index in [1.54, 1.807) is 18.2 Å². The number of nitrogens with one attached hydrogen (secondary N) is 1. The Morgan fingerprint density at radius 3 is 2.17 bits per heavy atom. The topological polar surface area (TPSA) is 98.1 Å². The highest BCUT2D eigenvalue weighted by Gasteiger charge is 2.51. The van der Waals surface area contributed by atoms with E-state index in [9.17, 15) is 17.6 Å². The van der Waals surface area contributed by atoms with Crippen LogP contribution >= 0.6 is 0 Å². The van der Waals surface area contributed by atoms with Gasteiger partial charge in [-0.3, -0.25) is 9.10 Å². The van der Waals surface area contributed by atoms with E-state index in [0.29, 0.717) is 33.4 Å². The van der Waals surface area contributed by atoms with Crippen LogP contribution in [0.2, 0.25) is 0 Å². The summed E-state index contributed by atoms with van der Waals surface area (Å²) in [6, 6.07) is 16.9. The molecule has 4 aromatic rings. The Morgan fingerprint density at radius 2 is 1.63 bits per heavy atom. The predicted molar refractivity (Wildman–Crippen MR) is 180 cm³/mol. The van der Waals surface area contributed by atoms with Gasteiger partial charge in [-0.2, -0.15) is 0 Å². The van der Waals surface area contributed by atoms with Crippen molar-refractivity contribution >= 4 is 50.7 Å². The lowest BCUT2D eigenvalue weighted by molar-refractivity contribution is 0.00578. The number of sulfonamides is 1. The summed E-state index contributed by atoms with van der Waals surface area (Å²) >= 11 is 0. The molecule has 0 unspecified atom stereocenters. The van der Waals surface area contributed by atoms with Gasteiger partial charge >= 0.3 is 7.12 Å². The molecule has 1 saturated carbocycles. The van der Waals surface area contributed by atoms with E-state index in [1.807, 2.05) is 58.0 Å². The first kappa shape index (κ1) is 32.0. The van der Waals surface area contributed by atoms with Crippen LogP contribution < -0.4 is 15.1 Å². The van der Waals surface area contributed by atoms with Crippen LogP contribution in [-0.4, -0.2) is 52.5 Å². The van der Waals surface area contributed by atoms with Crippen molar-refractivity contribution in [1.29, 1.82) is 0 Å². The van der Waals surface area contributed by atoms with Crippen LogP contribution in [0.1, 0.15) is 67.9 Å². The van der Waals surface area contributed by atoms with E-state index in [1.165, 1.54) is 29.7 Å². The van der Waals surface area contributed by atoms with E-state index in [4.69, 9.17) is 13.7 Å². The third-order valence-electron chi connectivity index (χ3n) is 9.26. The molecular weight excluding hydrogens is 606 g/mol. The fourth-order valence-electron chi connectivity index (χ4n) is 5.74. The largest absolute Gasteiger partial charge is 0.494 e. The van der Waals surface area contributed by atoms with Gasteiger partial charge in [0.15, 0.2) is 0 Å². The van der Waals surface area contributed by atoms with Gasteiger partial charge in [0.1, 0.15) is 17.2 Å². The van der Waals surface area contributed by atoms with Crippen LogP contribution in [0, 0.1) is 5.82 Å². The highest BCUT2D eigenvalue weighted by molar-refractivity contribution is 7.92. The number of hydrogen-bond donors (Lipinski definition) is 1. The van der Waals surface area contributed by atoms with Gasteiger partial charge in [-0.1, -0.05) is 30.8 Å². The normalized spacial score (nSPS) is 17.3. The molecule has 1 amide bonds. The van der Waals surface area contributed by atoms with Crippen molar-refractivity contribution in [1.82, 2.24) is 5.32 Å². The van der Waals surface area contributed by atoms with Crippen molar-refractivity contribution in [3.05, 3.63) is 89.8 Å². The summed E-state index contributed by atoms with van der Waals surface area (Å²) in [4.78, 5) is 13.1. The fourth-order valence-corrected chi connectivity index (χ4v) is 6.65. The molecule has 2 aliphatic rings. The number of rotatable bonds is 9. The van der Waals surface area contributed by atoms with E-state index < -0.39 is 34.2 Å². The zero-order valence-electron chi connectivity index (χ0n) is 26.9. The Hall–Kier alpha value is -3.93. The van der Waals surface area contributed by atoms with Gasteiger partial charge in [0, 0.05) is 24.1 Å². The maximum absolute atomic E-state index is 13.7. The zero-order chi connectivity index (χ0) is 33.2. The van der Waals surface area contributed by atoms with Crippen molar-refractivity contribution in [3.8, 4) is 11.3 Å². The highest BCUT2D eigenvalue weighted by atomic mass is 32.2. The minimum absolute atomic E-state index is 0.00767. The van der Waals surface area contributed by atoms with E-state index in [-0.39, 0.29) is 24.1 Å². The molecule has 240 valence electrons.